The van der Waals surface area contributed by atoms with Crippen LogP contribution in [0.2, 0.25) is 5.02 Å². The van der Waals surface area contributed by atoms with Gasteiger partial charge in [0.05, 0.1) is 28.5 Å². The first-order chi connectivity index (χ1) is 10.0. The first-order valence-corrected chi connectivity index (χ1v) is 6.54. The van der Waals surface area contributed by atoms with Gasteiger partial charge in [-0.1, -0.05) is 17.7 Å². The highest BCUT2D eigenvalue weighted by molar-refractivity contribution is 6.34. The van der Waals surface area contributed by atoms with E-state index in [1.165, 1.54) is 11.2 Å². The highest BCUT2D eigenvalue weighted by atomic mass is 35.5. The third-order valence-corrected chi connectivity index (χ3v) is 3.73. The van der Waals surface area contributed by atoms with Gasteiger partial charge in [-0.2, -0.15) is 0 Å². The number of rotatable bonds is 1. The molecule has 3 N–H and O–H groups in total. The molecule has 0 aliphatic carbocycles. The number of aromatic nitrogens is 2. The smallest absolute Gasteiger partial charge is 0.285 e. The Morgan fingerprint density at radius 2 is 2.24 bits per heavy atom. The van der Waals surface area contributed by atoms with E-state index >= 15 is 0 Å². The summed E-state index contributed by atoms with van der Waals surface area (Å²) in [5, 5.41) is 0.357. The molecule has 2 aromatic rings. The molecule has 0 spiro atoms. The fraction of sp³-hybridized carbons (Fsp3) is 0.154. The number of nitrogen functional groups attached to an aromatic ring is 1. The maximum atomic E-state index is 12.5. The van der Waals surface area contributed by atoms with Crippen molar-refractivity contribution in [2.24, 2.45) is 5.84 Å². The maximum absolute atomic E-state index is 12.5. The summed E-state index contributed by atoms with van der Waals surface area (Å²) in [6.45, 7) is 0.229. The van der Waals surface area contributed by atoms with Crippen LogP contribution in [0.3, 0.4) is 0 Å². The zero-order valence-corrected chi connectivity index (χ0v) is 11.9. The van der Waals surface area contributed by atoms with Crippen molar-refractivity contribution in [3.8, 4) is 5.69 Å². The van der Waals surface area contributed by atoms with Crippen molar-refractivity contribution in [3.63, 3.8) is 0 Å². The van der Waals surface area contributed by atoms with Crippen molar-refractivity contribution >= 4 is 23.4 Å². The number of carbonyl (C=O) groups excluding carboxylic acids is 2. The number of nitrogens with zero attached hydrogens (tertiary/aromatic N) is 3. The van der Waals surface area contributed by atoms with E-state index < -0.39 is 5.91 Å². The molecule has 0 bridgehead atoms. The molecule has 2 heterocycles. The molecule has 1 aliphatic heterocycles. The Balaban J connectivity index is 2.30. The SMILES string of the molecule is CN1Cc2c(C(=O)NN)ncn2-c2cccc(Cl)c2C1=O. The van der Waals surface area contributed by atoms with Crippen molar-refractivity contribution in [2.75, 3.05) is 7.05 Å². The molecule has 108 valence electrons. The average molecular weight is 306 g/mol. The zero-order valence-electron chi connectivity index (χ0n) is 11.1. The Bertz CT molecular complexity index is 755. The number of nitrogens with two attached hydrogens (primary N) is 1. The molecule has 21 heavy (non-hydrogen) atoms. The van der Waals surface area contributed by atoms with Crippen LogP contribution in [0.1, 0.15) is 26.5 Å². The number of carbonyl (C=O) groups is 2. The Morgan fingerprint density at radius 3 is 2.95 bits per heavy atom. The van der Waals surface area contributed by atoms with Crippen molar-refractivity contribution < 1.29 is 9.59 Å². The van der Waals surface area contributed by atoms with Gasteiger partial charge in [-0.3, -0.25) is 19.6 Å². The second-order valence-electron chi connectivity index (χ2n) is 4.68. The minimum atomic E-state index is -0.505. The van der Waals surface area contributed by atoms with Crippen LogP contribution in [0.25, 0.3) is 5.69 Å². The lowest BCUT2D eigenvalue weighted by Gasteiger charge is -2.15. The minimum Gasteiger partial charge on any atom is -0.336 e. The van der Waals surface area contributed by atoms with E-state index in [0.717, 1.165) is 0 Å². The van der Waals surface area contributed by atoms with E-state index in [2.05, 4.69) is 10.4 Å². The summed E-state index contributed by atoms with van der Waals surface area (Å²) in [6, 6.07) is 5.15. The molecular formula is C13H12ClN5O2. The van der Waals surface area contributed by atoms with Gasteiger partial charge in [0, 0.05) is 7.05 Å². The summed E-state index contributed by atoms with van der Waals surface area (Å²) in [7, 11) is 1.64. The quantitative estimate of drug-likeness (QED) is 0.461. The molecule has 1 aromatic carbocycles. The highest BCUT2D eigenvalue weighted by Gasteiger charge is 2.29. The van der Waals surface area contributed by atoms with Gasteiger partial charge in [0.25, 0.3) is 11.8 Å². The number of amides is 2. The topological polar surface area (TPSA) is 93.2 Å². The largest absolute Gasteiger partial charge is 0.336 e. The molecule has 0 saturated heterocycles. The normalized spacial score (nSPS) is 13.5. The third kappa shape index (κ3) is 1.98. The van der Waals surface area contributed by atoms with E-state index in [9.17, 15) is 9.59 Å². The molecule has 8 heteroatoms. The average Bonchev–Trinajstić information content (AvgIpc) is 2.84. The molecule has 1 aromatic heterocycles. The molecule has 0 atom stereocenters. The Hall–Kier alpha value is -2.38. The molecule has 0 saturated carbocycles. The molecule has 3 rings (SSSR count). The van der Waals surface area contributed by atoms with E-state index in [-0.39, 0.29) is 18.1 Å². The van der Waals surface area contributed by atoms with Crippen molar-refractivity contribution in [1.29, 1.82) is 0 Å². The van der Waals surface area contributed by atoms with Gasteiger partial charge in [-0.05, 0) is 12.1 Å². The van der Waals surface area contributed by atoms with Crippen LogP contribution >= 0.6 is 11.6 Å². The lowest BCUT2D eigenvalue weighted by atomic mass is 10.1. The Morgan fingerprint density at radius 1 is 1.48 bits per heavy atom. The summed E-state index contributed by atoms with van der Waals surface area (Å²) in [6.07, 6.45) is 1.49. The second kappa shape index (κ2) is 4.87. The summed E-state index contributed by atoms with van der Waals surface area (Å²) in [5.74, 6) is 4.45. The van der Waals surface area contributed by atoms with Crippen molar-refractivity contribution in [3.05, 3.63) is 46.5 Å². The van der Waals surface area contributed by atoms with Crippen LogP contribution in [0.15, 0.2) is 24.5 Å². The predicted molar refractivity (Wildman–Crippen MR) is 76.0 cm³/mol. The number of hydrogen-bond acceptors (Lipinski definition) is 4. The molecule has 7 nitrogen and oxygen atoms in total. The van der Waals surface area contributed by atoms with E-state index in [4.69, 9.17) is 17.4 Å². The highest BCUT2D eigenvalue weighted by Crippen LogP contribution is 2.30. The van der Waals surface area contributed by atoms with Gasteiger partial charge in [0.15, 0.2) is 5.69 Å². The van der Waals surface area contributed by atoms with Gasteiger partial charge < -0.3 is 4.90 Å². The number of hydrogen-bond donors (Lipinski definition) is 2. The second-order valence-corrected chi connectivity index (χ2v) is 5.09. The monoisotopic (exact) mass is 305 g/mol. The fourth-order valence-corrected chi connectivity index (χ4v) is 2.65. The fourth-order valence-electron chi connectivity index (χ4n) is 2.40. The molecule has 1 aliphatic rings. The number of halogens is 1. The van der Waals surface area contributed by atoms with Crippen molar-refractivity contribution in [1.82, 2.24) is 19.9 Å². The van der Waals surface area contributed by atoms with Gasteiger partial charge >= 0.3 is 0 Å². The molecule has 0 unspecified atom stereocenters. The summed E-state index contributed by atoms with van der Waals surface area (Å²) >= 11 is 6.16. The maximum Gasteiger partial charge on any atom is 0.285 e. The lowest BCUT2D eigenvalue weighted by Crippen LogP contribution is -2.32. The standard InChI is InChI=1S/C13H12ClN5O2/c1-18-5-9-11(12(20)17-15)16-6-19(9)8-4-2-3-7(14)10(8)13(18)21/h2-4,6H,5,15H2,1H3,(H,17,20). The predicted octanol–water partition coefficient (Wildman–Crippen LogP) is 0.715. The third-order valence-electron chi connectivity index (χ3n) is 3.41. The first-order valence-electron chi connectivity index (χ1n) is 6.16. The van der Waals surface area contributed by atoms with Gasteiger partial charge in [-0.25, -0.2) is 10.8 Å². The van der Waals surface area contributed by atoms with Crippen LogP contribution in [0, 0.1) is 0 Å². The molecule has 2 amide bonds. The van der Waals surface area contributed by atoms with Crippen LogP contribution in [-0.4, -0.2) is 33.3 Å². The number of imidazole rings is 1. The molecule has 0 radical (unpaired) electrons. The Kier molecular flexibility index (Phi) is 3.15. The Labute approximate surface area is 125 Å². The number of benzene rings is 1. The summed E-state index contributed by atoms with van der Waals surface area (Å²) in [5.41, 5.74) is 3.80. The van der Waals surface area contributed by atoms with Crippen LogP contribution in [0.4, 0.5) is 0 Å². The molecule has 0 fully saturated rings. The summed E-state index contributed by atoms with van der Waals surface area (Å²) in [4.78, 5) is 29.8. The molecular weight excluding hydrogens is 294 g/mol. The van der Waals surface area contributed by atoms with Crippen LogP contribution in [0.5, 0.6) is 0 Å². The van der Waals surface area contributed by atoms with Gasteiger partial charge in [0.2, 0.25) is 0 Å². The summed E-state index contributed by atoms with van der Waals surface area (Å²) < 4.78 is 1.69. The zero-order chi connectivity index (χ0) is 15.1. The van der Waals surface area contributed by atoms with Crippen LogP contribution < -0.4 is 11.3 Å². The van der Waals surface area contributed by atoms with Gasteiger partial charge in [0.1, 0.15) is 6.33 Å². The van der Waals surface area contributed by atoms with Crippen LogP contribution in [-0.2, 0) is 6.54 Å². The lowest BCUT2D eigenvalue weighted by molar-refractivity contribution is 0.0785. The first kappa shape index (κ1) is 13.6. The van der Waals surface area contributed by atoms with Crippen molar-refractivity contribution in [2.45, 2.75) is 6.54 Å². The van der Waals surface area contributed by atoms with E-state index in [0.29, 0.717) is 22.0 Å². The van der Waals surface area contributed by atoms with E-state index in [1.54, 1.807) is 29.8 Å². The van der Waals surface area contributed by atoms with Gasteiger partial charge in [-0.15, -0.1) is 0 Å². The number of nitrogens with one attached hydrogen (secondary N) is 1. The minimum absolute atomic E-state index is 0.185. The van der Waals surface area contributed by atoms with E-state index in [1.807, 2.05) is 0 Å². The number of fused-ring (bicyclic) bond motifs is 3. The number of hydrazine groups is 1.